The second kappa shape index (κ2) is 7.97. The third kappa shape index (κ3) is 4.96. The highest BCUT2D eigenvalue weighted by atomic mass is 16.5. The Kier molecular flexibility index (Phi) is 5.98. The number of carbonyl (C=O) groups is 2. The number of nitrogens with zero attached hydrogens (tertiary/aromatic N) is 2. The molecule has 0 saturated heterocycles. The lowest BCUT2D eigenvalue weighted by atomic mass is 10.1. The summed E-state index contributed by atoms with van der Waals surface area (Å²) in [5.41, 5.74) is 1.81. The first-order chi connectivity index (χ1) is 11.0. The van der Waals surface area contributed by atoms with Crippen molar-refractivity contribution in [2.45, 2.75) is 19.8 Å². The van der Waals surface area contributed by atoms with Gasteiger partial charge < -0.3 is 19.9 Å². The third-order valence-corrected chi connectivity index (χ3v) is 3.72. The Morgan fingerprint density at radius 2 is 2.17 bits per heavy atom. The van der Waals surface area contributed by atoms with Crippen molar-refractivity contribution < 1.29 is 14.3 Å². The van der Waals surface area contributed by atoms with Gasteiger partial charge >= 0.3 is 0 Å². The zero-order valence-electron chi connectivity index (χ0n) is 14.1. The van der Waals surface area contributed by atoms with Crippen LogP contribution in [0.3, 0.4) is 0 Å². The van der Waals surface area contributed by atoms with E-state index in [4.69, 9.17) is 4.74 Å². The molecule has 1 aliphatic rings. The average Bonchev–Trinajstić information content (AvgIpc) is 2.50. The molecule has 23 heavy (non-hydrogen) atoms. The number of amides is 2. The highest BCUT2D eigenvalue weighted by Gasteiger charge is 2.25. The maximum atomic E-state index is 12.1. The van der Waals surface area contributed by atoms with Crippen molar-refractivity contribution in [3.8, 4) is 5.75 Å². The summed E-state index contributed by atoms with van der Waals surface area (Å²) in [5.74, 6) is 0.558. The Labute approximate surface area is 137 Å². The monoisotopic (exact) mass is 319 g/mol. The van der Waals surface area contributed by atoms with Gasteiger partial charge in [0, 0.05) is 19.5 Å². The molecular formula is C17H25N3O3. The topological polar surface area (TPSA) is 61.9 Å². The number of hydrogen-bond donors (Lipinski definition) is 1. The van der Waals surface area contributed by atoms with E-state index in [1.54, 1.807) is 4.90 Å². The van der Waals surface area contributed by atoms with Crippen molar-refractivity contribution in [3.05, 3.63) is 23.8 Å². The molecule has 1 aromatic carbocycles. The van der Waals surface area contributed by atoms with Crippen LogP contribution in [0, 0.1) is 6.92 Å². The van der Waals surface area contributed by atoms with Gasteiger partial charge in [0.2, 0.25) is 5.91 Å². The summed E-state index contributed by atoms with van der Waals surface area (Å²) in [6.45, 7) is 3.96. The van der Waals surface area contributed by atoms with Crippen LogP contribution in [0.4, 0.5) is 5.69 Å². The fourth-order valence-electron chi connectivity index (χ4n) is 2.48. The number of hydrogen-bond acceptors (Lipinski definition) is 4. The first-order valence-electron chi connectivity index (χ1n) is 7.92. The molecule has 0 atom stereocenters. The molecule has 1 aromatic rings. The Morgan fingerprint density at radius 3 is 2.91 bits per heavy atom. The quantitative estimate of drug-likeness (QED) is 0.767. The molecule has 0 saturated carbocycles. The van der Waals surface area contributed by atoms with Gasteiger partial charge in [-0.15, -0.1) is 0 Å². The van der Waals surface area contributed by atoms with Crippen LogP contribution in [-0.4, -0.2) is 57.1 Å². The van der Waals surface area contributed by atoms with Crippen LogP contribution in [-0.2, 0) is 9.59 Å². The van der Waals surface area contributed by atoms with Crippen LogP contribution < -0.4 is 15.0 Å². The summed E-state index contributed by atoms with van der Waals surface area (Å²) >= 11 is 0. The number of carbonyl (C=O) groups excluding carboxylic acids is 2. The number of rotatable bonds is 7. The molecule has 0 spiro atoms. The van der Waals surface area contributed by atoms with Gasteiger partial charge in [0.1, 0.15) is 5.75 Å². The first kappa shape index (κ1) is 17.3. The summed E-state index contributed by atoms with van der Waals surface area (Å²) in [4.78, 5) is 27.7. The maximum Gasteiger partial charge on any atom is 0.265 e. The standard InChI is InChI=1S/C17H25N3O3/c1-13-5-6-15-14(11-13)20(17(22)12-23-15)10-7-16(21)18-8-4-9-19(2)3/h5-6,11H,4,7-10,12H2,1-3H3,(H,18,21). The Hall–Kier alpha value is -2.08. The second-order valence-electron chi connectivity index (χ2n) is 6.06. The van der Waals surface area contributed by atoms with Gasteiger partial charge in [-0.1, -0.05) is 6.07 Å². The Morgan fingerprint density at radius 1 is 1.39 bits per heavy atom. The van der Waals surface area contributed by atoms with E-state index >= 15 is 0 Å². The van der Waals surface area contributed by atoms with E-state index in [1.807, 2.05) is 39.2 Å². The fourth-order valence-corrected chi connectivity index (χ4v) is 2.48. The maximum absolute atomic E-state index is 12.1. The van der Waals surface area contributed by atoms with Gasteiger partial charge in [0.05, 0.1) is 5.69 Å². The van der Waals surface area contributed by atoms with Gasteiger partial charge in [0.25, 0.3) is 5.91 Å². The van der Waals surface area contributed by atoms with Crippen LogP contribution in [0.15, 0.2) is 18.2 Å². The van der Waals surface area contributed by atoms with Crippen LogP contribution in [0.2, 0.25) is 0 Å². The second-order valence-corrected chi connectivity index (χ2v) is 6.06. The SMILES string of the molecule is Cc1ccc2c(c1)N(CCC(=O)NCCCN(C)C)C(=O)CO2. The lowest BCUT2D eigenvalue weighted by Crippen LogP contribution is -2.41. The van der Waals surface area contributed by atoms with E-state index in [0.29, 0.717) is 25.3 Å². The van der Waals surface area contributed by atoms with Crippen molar-refractivity contribution in [1.29, 1.82) is 0 Å². The number of aryl methyl sites for hydroxylation is 1. The third-order valence-electron chi connectivity index (χ3n) is 3.72. The number of anilines is 1. The van der Waals surface area contributed by atoms with Crippen molar-refractivity contribution in [1.82, 2.24) is 10.2 Å². The Balaban J connectivity index is 1.87. The smallest absolute Gasteiger partial charge is 0.265 e. The van der Waals surface area contributed by atoms with Gasteiger partial charge in [-0.25, -0.2) is 0 Å². The number of nitrogens with one attached hydrogen (secondary N) is 1. The molecule has 0 unspecified atom stereocenters. The zero-order chi connectivity index (χ0) is 16.8. The van der Waals surface area contributed by atoms with E-state index in [2.05, 4.69) is 10.2 Å². The molecule has 0 fully saturated rings. The van der Waals surface area contributed by atoms with Gasteiger partial charge in [-0.05, 0) is 51.7 Å². The largest absolute Gasteiger partial charge is 0.482 e. The molecule has 0 aromatic heterocycles. The Bertz CT molecular complexity index is 572. The zero-order valence-corrected chi connectivity index (χ0v) is 14.1. The predicted octanol–water partition coefficient (Wildman–Crippen LogP) is 1.18. The minimum Gasteiger partial charge on any atom is -0.482 e. The average molecular weight is 319 g/mol. The summed E-state index contributed by atoms with van der Waals surface area (Å²) in [6, 6.07) is 5.73. The number of benzene rings is 1. The van der Waals surface area contributed by atoms with E-state index in [-0.39, 0.29) is 18.4 Å². The predicted molar refractivity (Wildman–Crippen MR) is 89.8 cm³/mol. The van der Waals surface area contributed by atoms with E-state index < -0.39 is 0 Å². The highest BCUT2D eigenvalue weighted by Crippen LogP contribution is 2.32. The molecule has 0 radical (unpaired) electrons. The first-order valence-corrected chi connectivity index (χ1v) is 7.92. The van der Waals surface area contributed by atoms with Gasteiger partial charge in [0.15, 0.2) is 6.61 Å². The molecule has 1 N–H and O–H groups in total. The molecule has 1 aliphatic heterocycles. The van der Waals surface area contributed by atoms with Crippen molar-refractivity contribution in [2.75, 3.05) is 45.2 Å². The fraction of sp³-hybridized carbons (Fsp3) is 0.529. The van der Waals surface area contributed by atoms with Crippen molar-refractivity contribution in [3.63, 3.8) is 0 Å². The number of fused-ring (bicyclic) bond motifs is 1. The minimum atomic E-state index is -0.108. The lowest BCUT2D eigenvalue weighted by Gasteiger charge is -2.29. The summed E-state index contributed by atoms with van der Waals surface area (Å²) in [6.07, 6.45) is 1.21. The van der Waals surface area contributed by atoms with Crippen molar-refractivity contribution in [2.24, 2.45) is 0 Å². The summed E-state index contributed by atoms with van der Waals surface area (Å²) < 4.78 is 5.43. The molecule has 1 heterocycles. The van der Waals surface area contributed by atoms with Crippen LogP contribution >= 0.6 is 0 Å². The number of ether oxygens (including phenoxy) is 1. The molecule has 6 nitrogen and oxygen atoms in total. The lowest BCUT2D eigenvalue weighted by molar-refractivity contribution is -0.122. The summed E-state index contributed by atoms with van der Waals surface area (Å²) in [5, 5.41) is 2.89. The molecular weight excluding hydrogens is 294 g/mol. The van der Waals surface area contributed by atoms with Crippen LogP contribution in [0.25, 0.3) is 0 Å². The summed E-state index contributed by atoms with van der Waals surface area (Å²) in [7, 11) is 4.01. The van der Waals surface area contributed by atoms with Crippen LogP contribution in [0.1, 0.15) is 18.4 Å². The van der Waals surface area contributed by atoms with E-state index in [0.717, 1.165) is 24.2 Å². The minimum absolute atomic E-state index is 0.0283. The van der Waals surface area contributed by atoms with Gasteiger partial charge in [-0.2, -0.15) is 0 Å². The molecule has 2 amide bonds. The molecule has 0 aliphatic carbocycles. The normalized spacial score (nSPS) is 13.7. The van der Waals surface area contributed by atoms with E-state index in [1.165, 1.54) is 0 Å². The molecule has 6 heteroatoms. The van der Waals surface area contributed by atoms with E-state index in [9.17, 15) is 9.59 Å². The van der Waals surface area contributed by atoms with Crippen molar-refractivity contribution >= 4 is 17.5 Å². The molecule has 126 valence electrons. The highest BCUT2D eigenvalue weighted by molar-refractivity contribution is 5.98. The molecule has 2 rings (SSSR count). The van der Waals surface area contributed by atoms with Gasteiger partial charge in [-0.3, -0.25) is 9.59 Å². The van der Waals surface area contributed by atoms with Crippen LogP contribution in [0.5, 0.6) is 5.75 Å². The molecule has 0 bridgehead atoms.